The molecule has 2 heterocycles. The molecular weight excluding hydrogens is 320 g/mol. The maximum Gasteiger partial charge on any atom is 0.0922 e. The van der Waals surface area contributed by atoms with E-state index in [0.717, 1.165) is 40.8 Å². The van der Waals surface area contributed by atoms with Crippen LogP contribution in [0.25, 0.3) is 0 Å². The molecule has 2 aromatic rings. The summed E-state index contributed by atoms with van der Waals surface area (Å²) in [6.45, 7) is 5.09. The van der Waals surface area contributed by atoms with Crippen molar-refractivity contribution in [3.05, 3.63) is 33.8 Å². The van der Waals surface area contributed by atoms with Gasteiger partial charge < -0.3 is 0 Å². The maximum atomic E-state index is 5.81. The second kappa shape index (κ2) is 6.51. The molecule has 0 aromatic carbocycles. The maximum absolute atomic E-state index is 5.81. The van der Waals surface area contributed by atoms with E-state index in [1.807, 2.05) is 28.8 Å². The van der Waals surface area contributed by atoms with E-state index in [2.05, 4.69) is 45.4 Å². The summed E-state index contributed by atoms with van der Waals surface area (Å²) in [5.74, 6) is 5.81. The normalized spacial score (nSPS) is 12.8. The number of aryl methyl sites for hydroxylation is 3. The van der Waals surface area contributed by atoms with Gasteiger partial charge in [0, 0.05) is 25.4 Å². The lowest BCUT2D eigenvalue weighted by Gasteiger charge is -2.18. The van der Waals surface area contributed by atoms with E-state index in [1.54, 1.807) is 0 Å². The lowest BCUT2D eigenvalue weighted by atomic mass is 10.0. The average Bonchev–Trinajstić information content (AvgIpc) is 2.97. The van der Waals surface area contributed by atoms with Crippen molar-refractivity contribution in [2.75, 3.05) is 0 Å². The number of nitrogens with zero attached hydrogens (tertiary/aromatic N) is 4. The van der Waals surface area contributed by atoms with Gasteiger partial charge in [0.05, 0.1) is 28.1 Å². The molecule has 0 radical (unpaired) electrons. The van der Waals surface area contributed by atoms with Crippen LogP contribution in [0, 0.1) is 0 Å². The predicted molar refractivity (Wildman–Crippen MR) is 82.0 cm³/mol. The lowest BCUT2D eigenvalue weighted by molar-refractivity contribution is 0.518. The van der Waals surface area contributed by atoms with E-state index >= 15 is 0 Å². The molecule has 0 amide bonds. The van der Waals surface area contributed by atoms with Crippen LogP contribution < -0.4 is 11.3 Å². The Labute approximate surface area is 127 Å². The smallest absolute Gasteiger partial charge is 0.0922 e. The highest BCUT2D eigenvalue weighted by molar-refractivity contribution is 9.10. The number of hydrogen-bond acceptors (Lipinski definition) is 4. The molecule has 1 atom stereocenters. The molecule has 110 valence electrons. The lowest BCUT2D eigenvalue weighted by Crippen LogP contribution is -2.31. The summed E-state index contributed by atoms with van der Waals surface area (Å²) in [4.78, 5) is 0. The first-order valence-electron chi connectivity index (χ1n) is 6.82. The van der Waals surface area contributed by atoms with E-state index < -0.39 is 0 Å². The number of nitrogens with two attached hydrogens (primary N) is 1. The highest BCUT2D eigenvalue weighted by atomic mass is 79.9. The van der Waals surface area contributed by atoms with Crippen molar-refractivity contribution in [1.82, 2.24) is 25.0 Å². The minimum atomic E-state index is -0.123. The van der Waals surface area contributed by atoms with Crippen LogP contribution in [0.5, 0.6) is 0 Å². The summed E-state index contributed by atoms with van der Waals surface area (Å²) in [5.41, 5.74) is 6.08. The monoisotopic (exact) mass is 340 g/mol. The van der Waals surface area contributed by atoms with Gasteiger partial charge in [0.25, 0.3) is 0 Å². The van der Waals surface area contributed by atoms with Gasteiger partial charge in [-0.25, -0.2) is 5.43 Å². The Morgan fingerprint density at radius 3 is 2.80 bits per heavy atom. The molecule has 2 aromatic heterocycles. The zero-order chi connectivity index (χ0) is 14.7. The molecule has 0 bridgehead atoms. The van der Waals surface area contributed by atoms with Gasteiger partial charge in [0.2, 0.25) is 0 Å². The van der Waals surface area contributed by atoms with E-state index in [0.29, 0.717) is 0 Å². The fourth-order valence-electron chi connectivity index (χ4n) is 2.43. The predicted octanol–water partition coefficient (Wildman–Crippen LogP) is 1.90. The summed E-state index contributed by atoms with van der Waals surface area (Å²) in [5, 5.41) is 8.90. The minimum absolute atomic E-state index is 0.123. The molecule has 3 N–H and O–H groups in total. The van der Waals surface area contributed by atoms with E-state index in [-0.39, 0.29) is 6.04 Å². The SMILES string of the molecule is CCCn1ncc(Br)c1C(NN)c1cn(C)nc1CC. The molecular formula is C13H21BrN6. The number of hydrazine groups is 1. The highest BCUT2D eigenvalue weighted by Crippen LogP contribution is 2.30. The number of aromatic nitrogens is 4. The van der Waals surface area contributed by atoms with Crippen LogP contribution in [-0.4, -0.2) is 19.6 Å². The summed E-state index contributed by atoms with van der Waals surface area (Å²) >= 11 is 3.57. The number of rotatable bonds is 6. The average molecular weight is 341 g/mol. The van der Waals surface area contributed by atoms with Crippen molar-refractivity contribution in [3.63, 3.8) is 0 Å². The molecule has 0 fully saturated rings. The number of hydrogen-bond donors (Lipinski definition) is 2. The first kappa shape index (κ1) is 15.2. The van der Waals surface area contributed by atoms with Gasteiger partial charge in [-0.1, -0.05) is 13.8 Å². The van der Waals surface area contributed by atoms with Crippen LogP contribution in [0.1, 0.15) is 43.3 Å². The Morgan fingerprint density at radius 2 is 2.20 bits per heavy atom. The fraction of sp³-hybridized carbons (Fsp3) is 0.538. The van der Waals surface area contributed by atoms with Crippen LogP contribution in [0.4, 0.5) is 0 Å². The Kier molecular flexibility index (Phi) is 4.95. The van der Waals surface area contributed by atoms with Gasteiger partial charge in [0.1, 0.15) is 0 Å². The fourth-order valence-corrected chi connectivity index (χ4v) is 2.96. The third kappa shape index (κ3) is 2.79. The van der Waals surface area contributed by atoms with E-state index in [4.69, 9.17) is 5.84 Å². The summed E-state index contributed by atoms with van der Waals surface area (Å²) in [7, 11) is 1.93. The Hall–Kier alpha value is -1.18. The Balaban J connectivity index is 2.49. The standard InChI is InChI=1S/C13H21BrN6/c1-4-6-20-13(10(14)7-16-20)12(17-15)9-8-19(3)18-11(9)5-2/h7-8,12,17H,4-6,15H2,1-3H3. The van der Waals surface area contributed by atoms with E-state index in [1.165, 1.54) is 0 Å². The zero-order valence-electron chi connectivity index (χ0n) is 12.1. The summed E-state index contributed by atoms with van der Waals surface area (Å²) in [6.07, 6.45) is 5.72. The van der Waals surface area contributed by atoms with Gasteiger partial charge in [-0.3, -0.25) is 15.2 Å². The number of halogens is 1. The first-order chi connectivity index (χ1) is 9.62. The first-order valence-corrected chi connectivity index (χ1v) is 7.61. The van der Waals surface area contributed by atoms with Gasteiger partial charge in [-0.15, -0.1) is 0 Å². The second-order valence-corrected chi connectivity index (χ2v) is 5.61. The third-order valence-corrected chi connectivity index (χ3v) is 3.90. The van der Waals surface area contributed by atoms with E-state index in [9.17, 15) is 0 Å². The van der Waals surface area contributed by atoms with Crippen molar-refractivity contribution < 1.29 is 0 Å². The van der Waals surface area contributed by atoms with Gasteiger partial charge in [-0.05, 0) is 28.8 Å². The third-order valence-electron chi connectivity index (χ3n) is 3.29. The summed E-state index contributed by atoms with van der Waals surface area (Å²) < 4.78 is 4.77. The van der Waals surface area contributed by atoms with Crippen LogP contribution in [-0.2, 0) is 20.0 Å². The van der Waals surface area contributed by atoms with Crippen LogP contribution >= 0.6 is 15.9 Å². The topological polar surface area (TPSA) is 73.7 Å². The van der Waals surface area contributed by atoms with Crippen molar-refractivity contribution in [2.24, 2.45) is 12.9 Å². The van der Waals surface area contributed by atoms with Crippen LogP contribution in [0.2, 0.25) is 0 Å². The van der Waals surface area contributed by atoms with Gasteiger partial charge in [0.15, 0.2) is 0 Å². The van der Waals surface area contributed by atoms with Crippen LogP contribution in [0.15, 0.2) is 16.9 Å². The van der Waals surface area contributed by atoms with Crippen molar-refractivity contribution in [3.8, 4) is 0 Å². The highest BCUT2D eigenvalue weighted by Gasteiger charge is 2.24. The molecule has 0 aliphatic carbocycles. The van der Waals surface area contributed by atoms with Gasteiger partial charge >= 0.3 is 0 Å². The minimum Gasteiger partial charge on any atom is -0.275 e. The Morgan fingerprint density at radius 1 is 1.45 bits per heavy atom. The molecule has 7 heteroatoms. The van der Waals surface area contributed by atoms with Crippen molar-refractivity contribution >= 4 is 15.9 Å². The second-order valence-electron chi connectivity index (χ2n) is 4.76. The molecule has 0 saturated heterocycles. The Bertz CT molecular complexity index is 573. The van der Waals surface area contributed by atoms with Crippen molar-refractivity contribution in [1.29, 1.82) is 0 Å². The molecule has 0 saturated carbocycles. The molecule has 2 rings (SSSR count). The molecule has 1 unspecified atom stereocenters. The zero-order valence-corrected chi connectivity index (χ0v) is 13.7. The molecule has 0 aliphatic rings. The van der Waals surface area contributed by atoms with Gasteiger partial charge in [-0.2, -0.15) is 10.2 Å². The molecule has 0 spiro atoms. The quantitative estimate of drug-likeness (QED) is 0.622. The van der Waals surface area contributed by atoms with Crippen LogP contribution in [0.3, 0.4) is 0 Å². The van der Waals surface area contributed by atoms with Crippen molar-refractivity contribution in [2.45, 2.75) is 39.3 Å². The number of nitrogens with one attached hydrogen (secondary N) is 1. The molecule has 6 nitrogen and oxygen atoms in total. The largest absolute Gasteiger partial charge is 0.275 e. The molecule has 0 aliphatic heterocycles. The molecule has 20 heavy (non-hydrogen) atoms. The summed E-state index contributed by atoms with van der Waals surface area (Å²) in [6, 6.07) is -0.123.